The number of fused-ring (bicyclic) bond motifs is 1. The van der Waals surface area contributed by atoms with Crippen molar-refractivity contribution < 1.29 is 18.7 Å². The fourth-order valence-electron chi connectivity index (χ4n) is 2.75. The van der Waals surface area contributed by atoms with E-state index in [4.69, 9.17) is 13.9 Å². The van der Waals surface area contributed by atoms with E-state index < -0.39 is 0 Å². The highest BCUT2D eigenvalue weighted by molar-refractivity contribution is 5.95. The van der Waals surface area contributed by atoms with Crippen LogP contribution in [0.25, 0.3) is 11.0 Å². The molecule has 2 aromatic carbocycles. The minimum Gasteiger partial charge on any atom is -0.493 e. The summed E-state index contributed by atoms with van der Waals surface area (Å²) in [5.41, 5.74) is 1.35. The quantitative estimate of drug-likeness (QED) is 0.696. The van der Waals surface area contributed by atoms with Gasteiger partial charge in [-0.25, -0.2) is 0 Å². The molecule has 0 radical (unpaired) electrons. The summed E-state index contributed by atoms with van der Waals surface area (Å²) in [6.07, 6.45) is 0. The first-order valence-corrected chi connectivity index (χ1v) is 8.02. The van der Waals surface area contributed by atoms with Crippen molar-refractivity contribution in [1.82, 2.24) is 4.90 Å². The van der Waals surface area contributed by atoms with Gasteiger partial charge >= 0.3 is 0 Å². The molecule has 0 saturated heterocycles. The van der Waals surface area contributed by atoms with E-state index in [1.54, 1.807) is 44.4 Å². The van der Waals surface area contributed by atoms with Crippen LogP contribution >= 0.6 is 0 Å². The van der Waals surface area contributed by atoms with Gasteiger partial charge in [0.25, 0.3) is 5.91 Å². The second-order valence-electron chi connectivity index (χ2n) is 5.85. The SMILES string of the molecule is COc1ccc(C(=O)N(C)[C@H](C)c2cc3ccccc3o2)cc1OC. The van der Waals surface area contributed by atoms with Crippen LogP contribution in [0.5, 0.6) is 11.5 Å². The Morgan fingerprint density at radius 1 is 1.04 bits per heavy atom. The van der Waals surface area contributed by atoms with Gasteiger partial charge in [-0.1, -0.05) is 18.2 Å². The van der Waals surface area contributed by atoms with Gasteiger partial charge in [-0.05, 0) is 37.3 Å². The normalized spacial score (nSPS) is 12.0. The molecule has 0 spiro atoms. The number of carbonyl (C=O) groups excluding carboxylic acids is 1. The summed E-state index contributed by atoms with van der Waals surface area (Å²) in [4.78, 5) is 14.5. The molecule has 3 rings (SSSR count). The van der Waals surface area contributed by atoms with E-state index in [1.165, 1.54) is 0 Å². The largest absolute Gasteiger partial charge is 0.493 e. The van der Waals surface area contributed by atoms with Crippen LogP contribution in [0.3, 0.4) is 0 Å². The van der Waals surface area contributed by atoms with Gasteiger partial charge in [0.2, 0.25) is 0 Å². The highest BCUT2D eigenvalue weighted by atomic mass is 16.5. The van der Waals surface area contributed by atoms with E-state index in [1.807, 2.05) is 37.3 Å². The number of ether oxygens (including phenoxy) is 2. The van der Waals surface area contributed by atoms with Crippen molar-refractivity contribution in [2.75, 3.05) is 21.3 Å². The first-order chi connectivity index (χ1) is 12.0. The molecule has 0 aliphatic carbocycles. The van der Waals surface area contributed by atoms with Gasteiger partial charge in [-0.2, -0.15) is 0 Å². The van der Waals surface area contributed by atoms with E-state index in [-0.39, 0.29) is 11.9 Å². The number of para-hydroxylation sites is 1. The first kappa shape index (κ1) is 16.9. The van der Waals surface area contributed by atoms with Crippen LogP contribution in [0.2, 0.25) is 0 Å². The van der Waals surface area contributed by atoms with Gasteiger partial charge in [0, 0.05) is 18.0 Å². The zero-order valence-corrected chi connectivity index (χ0v) is 14.8. The smallest absolute Gasteiger partial charge is 0.254 e. The second kappa shape index (κ2) is 6.89. The van der Waals surface area contributed by atoms with E-state index >= 15 is 0 Å². The molecule has 1 amide bonds. The summed E-state index contributed by atoms with van der Waals surface area (Å²) in [6.45, 7) is 1.94. The topological polar surface area (TPSA) is 51.9 Å². The maximum Gasteiger partial charge on any atom is 0.254 e. The van der Waals surface area contributed by atoms with E-state index in [0.29, 0.717) is 17.1 Å². The summed E-state index contributed by atoms with van der Waals surface area (Å²) in [6, 6.07) is 14.7. The lowest BCUT2D eigenvalue weighted by atomic mass is 10.1. The molecular weight excluding hydrogens is 318 g/mol. The lowest BCUT2D eigenvalue weighted by Gasteiger charge is -2.23. The minimum atomic E-state index is -0.201. The molecule has 5 nitrogen and oxygen atoms in total. The Balaban J connectivity index is 1.86. The first-order valence-electron chi connectivity index (χ1n) is 8.02. The molecule has 1 aromatic heterocycles. The fourth-order valence-corrected chi connectivity index (χ4v) is 2.75. The average Bonchev–Trinajstić information content (AvgIpc) is 3.09. The fraction of sp³-hybridized carbons (Fsp3) is 0.250. The summed E-state index contributed by atoms with van der Waals surface area (Å²) in [7, 11) is 4.87. The number of benzene rings is 2. The lowest BCUT2D eigenvalue weighted by Crippen LogP contribution is -2.29. The van der Waals surface area contributed by atoms with Gasteiger partial charge in [-0.15, -0.1) is 0 Å². The molecule has 3 aromatic rings. The average molecular weight is 339 g/mol. The van der Waals surface area contributed by atoms with Crippen LogP contribution in [0.1, 0.15) is 29.1 Å². The van der Waals surface area contributed by atoms with Crippen molar-refractivity contribution in [2.24, 2.45) is 0 Å². The van der Waals surface area contributed by atoms with E-state index in [0.717, 1.165) is 16.7 Å². The zero-order chi connectivity index (χ0) is 18.0. The van der Waals surface area contributed by atoms with Gasteiger partial charge < -0.3 is 18.8 Å². The molecule has 0 aliphatic heterocycles. The summed E-state index contributed by atoms with van der Waals surface area (Å²) < 4.78 is 16.4. The van der Waals surface area contributed by atoms with Crippen LogP contribution in [0, 0.1) is 0 Å². The van der Waals surface area contributed by atoms with Crippen LogP contribution in [0.15, 0.2) is 52.9 Å². The Kier molecular flexibility index (Phi) is 4.65. The van der Waals surface area contributed by atoms with Gasteiger partial charge in [0.1, 0.15) is 11.3 Å². The van der Waals surface area contributed by atoms with Crippen molar-refractivity contribution >= 4 is 16.9 Å². The third-order valence-corrected chi connectivity index (χ3v) is 4.39. The lowest BCUT2D eigenvalue weighted by molar-refractivity contribution is 0.0727. The molecule has 0 fully saturated rings. The van der Waals surface area contributed by atoms with Crippen LogP contribution < -0.4 is 9.47 Å². The Morgan fingerprint density at radius 2 is 1.76 bits per heavy atom. The van der Waals surface area contributed by atoms with E-state index in [2.05, 4.69) is 0 Å². The van der Waals surface area contributed by atoms with Crippen LogP contribution in [-0.4, -0.2) is 32.1 Å². The minimum absolute atomic E-state index is 0.117. The van der Waals surface area contributed by atoms with Crippen molar-refractivity contribution in [2.45, 2.75) is 13.0 Å². The number of hydrogen-bond donors (Lipinski definition) is 0. The Labute approximate surface area is 146 Å². The summed E-state index contributed by atoms with van der Waals surface area (Å²) >= 11 is 0. The van der Waals surface area contributed by atoms with Crippen molar-refractivity contribution in [1.29, 1.82) is 0 Å². The molecule has 0 N–H and O–H groups in total. The number of methoxy groups -OCH3 is 2. The van der Waals surface area contributed by atoms with Crippen molar-refractivity contribution in [3.63, 3.8) is 0 Å². The molecule has 0 bridgehead atoms. The Hall–Kier alpha value is -2.95. The summed E-state index contributed by atoms with van der Waals surface area (Å²) in [5, 5.41) is 1.02. The molecule has 5 heteroatoms. The van der Waals surface area contributed by atoms with Gasteiger partial charge in [0.05, 0.1) is 20.3 Å². The number of rotatable bonds is 5. The molecule has 25 heavy (non-hydrogen) atoms. The molecule has 0 aliphatic rings. The predicted octanol–water partition coefficient (Wildman–Crippen LogP) is 4.28. The molecule has 0 unspecified atom stereocenters. The molecule has 1 heterocycles. The summed E-state index contributed by atoms with van der Waals surface area (Å²) in [5.74, 6) is 1.75. The molecule has 0 saturated carbocycles. The maximum absolute atomic E-state index is 12.8. The van der Waals surface area contributed by atoms with Crippen molar-refractivity contribution in [3.05, 3.63) is 59.9 Å². The zero-order valence-electron chi connectivity index (χ0n) is 14.8. The van der Waals surface area contributed by atoms with Crippen molar-refractivity contribution in [3.8, 4) is 11.5 Å². The molecule has 130 valence electrons. The number of nitrogens with zero attached hydrogens (tertiary/aromatic N) is 1. The number of furan rings is 1. The molecule has 1 atom stereocenters. The van der Waals surface area contributed by atoms with Gasteiger partial charge in [0.15, 0.2) is 11.5 Å². The van der Waals surface area contributed by atoms with E-state index in [9.17, 15) is 4.79 Å². The Morgan fingerprint density at radius 3 is 2.44 bits per heavy atom. The third kappa shape index (κ3) is 3.18. The number of hydrogen-bond acceptors (Lipinski definition) is 4. The Bertz CT molecular complexity index is 867. The number of carbonyl (C=O) groups is 1. The van der Waals surface area contributed by atoms with Crippen LogP contribution in [0.4, 0.5) is 0 Å². The van der Waals surface area contributed by atoms with Gasteiger partial charge in [-0.3, -0.25) is 4.79 Å². The maximum atomic E-state index is 12.8. The predicted molar refractivity (Wildman–Crippen MR) is 96.3 cm³/mol. The highest BCUT2D eigenvalue weighted by Gasteiger charge is 2.22. The third-order valence-electron chi connectivity index (χ3n) is 4.39. The molecular formula is C20H21NO4. The van der Waals surface area contributed by atoms with Crippen LogP contribution in [-0.2, 0) is 0 Å². The monoisotopic (exact) mass is 339 g/mol. The standard InChI is InChI=1S/C20H21NO4/c1-13(18-11-14-7-5-6-8-16(14)25-18)21(2)20(22)15-9-10-17(23-3)19(12-15)24-4/h5-13H,1-4H3/t13-/m1/s1. The highest BCUT2D eigenvalue weighted by Crippen LogP contribution is 2.30. The number of amides is 1. The second-order valence-corrected chi connectivity index (χ2v) is 5.85.